The molecule has 0 radical (unpaired) electrons. The Morgan fingerprint density at radius 3 is 2.50 bits per heavy atom. The first-order valence-electron chi connectivity index (χ1n) is 6.95. The van der Waals surface area contributed by atoms with Crippen LogP contribution < -0.4 is 5.73 Å². The second-order valence-electron chi connectivity index (χ2n) is 6.24. The number of hydrogen-bond donors (Lipinski definition) is 2. The summed E-state index contributed by atoms with van der Waals surface area (Å²) in [6.07, 6.45) is 0. The van der Waals surface area contributed by atoms with E-state index in [4.69, 9.17) is 5.73 Å². The Morgan fingerprint density at radius 2 is 1.95 bits per heavy atom. The maximum atomic E-state index is 12.5. The predicted octanol–water partition coefficient (Wildman–Crippen LogP) is 1.89. The van der Waals surface area contributed by atoms with E-state index >= 15 is 0 Å². The van der Waals surface area contributed by atoms with Crippen molar-refractivity contribution >= 4 is 35.4 Å². The lowest BCUT2D eigenvalue weighted by molar-refractivity contribution is -0.160. The van der Waals surface area contributed by atoms with E-state index in [1.54, 1.807) is 0 Å². The fourth-order valence-corrected chi connectivity index (χ4v) is 5.83. The third-order valence-electron chi connectivity index (χ3n) is 4.08. The number of nitrogens with zero attached hydrogens (tertiary/aromatic N) is 1. The fourth-order valence-electron chi connectivity index (χ4n) is 2.95. The first-order chi connectivity index (χ1) is 10.2. The van der Waals surface area contributed by atoms with Gasteiger partial charge in [0.2, 0.25) is 0 Å². The highest BCUT2D eigenvalue weighted by atomic mass is 32.2. The summed E-state index contributed by atoms with van der Waals surface area (Å²) in [6.45, 7) is 5.69. The molecule has 2 heterocycles. The van der Waals surface area contributed by atoms with Crippen LogP contribution in [0.3, 0.4) is 0 Å². The SMILES string of the molecule is Cc1ccc(S[C@@]2(N)C(=O)N3C(C(=O)O)C(C)(C)SC32)cc1. The molecule has 0 bridgehead atoms. The van der Waals surface area contributed by atoms with Gasteiger partial charge in [0, 0.05) is 9.64 Å². The van der Waals surface area contributed by atoms with Crippen molar-refractivity contribution in [2.24, 2.45) is 5.73 Å². The number of aryl methyl sites for hydroxylation is 1. The third-order valence-corrected chi connectivity index (χ3v) is 7.13. The number of aliphatic carboxylic acids is 1. The van der Waals surface area contributed by atoms with Crippen LogP contribution in [0.5, 0.6) is 0 Å². The third kappa shape index (κ3) is 2.14. The molecule has 2 unspecified atom stereocenters. The van der Waals surface area contributed by atoms with E-state index in [-0.39, 0.29) is 11.3 Å². The zero-order valence-corrected chi connectivity index (χ0v) is 14.2. The number of amides is 1. The molecule has 0 aromatic heterocycles. The summed E-state index contributed by atoms with van der Waals surface area (Å²) in [7, 11) is 0. The number of rotatable bonds is 3. The average molecular weight is 338 g/mol. The van der Waals surface area contributed by atoms with E-state index in [2.05, 4.69) is 0 Å². The van der Waals surface area contributed by atoms with E-state index in [0.717, 1.165) is 10.5 Å². The first-order valence-corrected chi connectivity index (χ1v) is 8.64. The summed E-state index contributed by atoms with van der Waals surface area (Å²) in [5.41, 5.74) is 7.48. The Kier molecular flexibility index (Phi) is 3.50. The predicted molar refractivity (Wildman–Crippen MR) is 87.7 cm³/mol. The van der Waals surface area contributed by atoms with Crippen molar-refractivity contribution in [1.29, 1.82) is 0 Å². The van der Waals surface area contributed by atoms with Gasteiger partial charge in [-0.1, -0.05) is 29.5 Å². The number of nitrogens with two attached hydrogens (primary N) is 1. The van der Waals surface area contributed by atoms with Gasteiger partial charge in [-0.15, -0.1) is 11.8 Å². The highest BCUT2D eigenvalue weighted by Crippen LogP contribution is 2.58. The first kappa shape index (κ1) is 15.7. The van der Waals surface area contributed by atoms with Crippen LogP contribution in [0.4, 0.5) is 0 Å². The van der Waals surface area contributed by atoms with Crippen molar-refractivity contribution in [1.82, 2.24) is 4.90 Å². The maximum absolute atomic E-state index is 12.5. The maximum Gasteiger partial charge on any atom is 0.327 e. The molecule has 1 amide bonds. The summed E-state index contributed by atoms with van der Waals surface area (Å²) in [5, 5.41) is 9.11. The zero-order valence-electron chi connectivity index (χ0n) is 12.6. The zero-order chi connectivity index (χ0) is 16.3. The van der Waals surface area contributed by atoms with Crippen LogP contribution in [-0.4, -0.2) is 42.9 Å². The smallest absolute Gasteiger partial charge is 0.327 e. The molecule has 2 aliphatic heterocycles. The summed E-state index contributed by atoms with van der Waals surface area (Å²) < 4.78 is -0.554. The molecule has 1 aromatic rings. The molecular weight excluding hydrogens is 320 g/mol. The second-order valence-corrected chi connectivity index (χ2v) is 9.32. The largest absolute Gasteiger partial charge is 0.480 e. The van der Waals surface area contributed by atoms with E-state index in [0.29, 0.717) is 0 Å². The normalized spacial score (nSPS) is 32.5. The minimum atomic E-state index is -1.10. The topological polar surface area (TPSA) is 83.6 Å². The number of thioether (sulfide) groups is 2. The van der Waals surface area contributed by atoms with Crippen LogP contribution in [-0.2, 0) is 9.59 Å². The fraction of sp³-hybridized carbons (Fsp3) is 0.467. The van der Waals surface area contributed by atoms with Gasteiger partial charge in [-0.3, -0.25) is 4.79 Å². The van der Waals surface area contributed by atoms with E-state index in [1.807, 2.05) is 45.0 Å². The van der Waals surface area contributed by atoms with E-state index < -0.39 is 21.6 Å². The van der Waals surface area contributed by atoms with Crippen molar-refractivity contribution in [2.45, 2.75) is 46.7 Å². The quantitative estimate of drug-likeness (QED) is 0.647. The van der Waals surface area contributed by atoms with Gasteiger partial charge in [-0.05, 0) is 32.9 Å². The number of carbonyl (C=O) groups is 2. The Hall–Kier alpha value is -1.18. The molecule has 3 N–H and O–H groups in total. The number of carbonyl (C=O) groups excluding carboxylic acids is 1. The van der Waals surface area contributed by atoms with E-state index in [1.165, 1.54) is 28.4 Å². The highest BCUT2D eigenvalue weighted by molar-refractivity contribution is 8.06. The van der Waals surface area contributed by atoms with Crippen molar-refractivity contribution in [3.8, 4) is 0 Å². The summed E-state index contributed by atoms with van der Waals surface area (Å²) in [4.78, 5) is 25.3. The molecule has 0 saturated carbocycles. The molecule has 3 rings (SSSR count). The van der Waals surface area contributed by atoms with Crippen LogP contribution in [0, 0.1) is 6.92 Å². The molecular formula is C15H18N2O3S2. The van der Waals surface area contributed by atoms with Gasteiger partial charge >= 0.3 is 5.97 Å². The molecule has 7 heteroatoms. The molecule has 2 saturated heterocycles. The van der Waals surface area contributed by atoms with Gasteiger partial charge in [0.05, 0.1) is 0 Å². The minimum Gasteiger partial charge on any atom is -0.480 e. The number of carboxylic acid groups (broad SMARTS) is 1. The van der Waals surface area contributed by atoms with Crippen molar-refractivity contribution in [3.63, 3.8) is 0 Å². The van der Waals surface area contributed by atoms with Crippen LogP contribution in [0.1, 0.15) is 19.4 Å². The van der Waals surface area contributed by atoms with Gasteiger partial charge in [-0.2, -0.15) is 0 Å². The Labute approximate surface area is 137 Å². The molecule has 3 atom stereocenters. The molecule has 22 heavy (non-hydrogen) atoms. The molecule has 118 valence electrons. The Balaban J connectivity index is 1.87. The van der Waals surface area contributed by atoms with Crippen LogP contribution in [0.25, 0.3) is 0 Å². The number of β-lactam (4-membered cyclic amide) rings is 1. The number of carboxylic acids is 1. The second kappa shape index (κ2) is 4.91. The van der Waals surface area contributed by atoms with Gasteiger partial charge in [0.1, 0.15) is 11.4 Å². The van der Waals surface area contributed by atoms with Crippen molar-refractivity contribution in [3.05, 3.63) is 29.8 Å². The monoisotopic (exact) mass is 338 g/mol. The molecule has 0 aliphatic carbocycles. The van der Waals surface area contributed by atoms with Gasteiger partial charge in [0.25, 0.3) is 5.91 Å². The van der Waals surface area contributed by atoms with Crippen LogP contribution >= 0.6 is 23.5 Å². The van der Waals surface area contributed by atoms with Crippen molar-refractivity contribution in [2.75, 3.05) is 0 Å². The van der Waals surface area contributed by atoms with E-state index in [9.17, 15) is 14.7 Å². The van der Waals surface area contributed by atoms with Crippen molar-refractivity contribution < 1.29 is 14.7 Å². The number of benzene rings is 1. The number of fused-ring (bicyclic) bond motifs is 1. The van der Waals surface area contributed by atoms with Gasteiger partial charge < -0.3 is 15.7 Å². The molecule has 2 aliphatic rings. The van der Waals surface area contributed by atoms with Crippen LogP contribution in [0.15, 0.2) is 29.2 Å². The average Bonchev–Trinajstić information content (AvgIpc) is 2.71. The highest BCUT2D eigenvalue weighted by Gasteiger charge is 2.70. The lowest BCUT2D eigenvalue weighted by Crippen LogP contribution is -2.76. The molecule has 0 spiro atoms. The lowest BCUT2D eigenvalue weighted by atomic mass is 9.96. The summed E-state index contributed by atoms with van der Waals surface area (Å²) >= 11 is 2.78. The Bertz CT molecular complexity index is 647. The standard InChI is InChI=1S/C15H18N2O3S2/c1-8-4-6-9(7-5-8)21-15(16)12(20)17-10(11(18)19)14(2,3)22-13(15)17/h4-7,10,13H,16H2,1-3H3,(H,18,19)/t10?,13?,15-/m0/s1. The van der Waals surface area contributed by atoms with Gasteiger partial charge in [-0.25, -0.2) is 4.79 Å². The number of hydrogen-bond acceptors (Lipinski definition) is 5. The molecule has 5 nitrogen and oxygen atoms in total. The summed E-state index contributed by atoms with van der Waals surface area (Å²) in [5.74, 6) is -1.27. The minimum absolute atomic E-state index is 0.298. The Morgan fingerprint density at radius 1 is 1.36 bits per heavy atom. The lowest BCUT2D eigenvalue weighted by Gasteiger charge is -2.50. The molecule has 2 fully saturated rings. The van der Waals surface area contributed by atoms with Crippen LogP contribution in [0.2, 0.25) is 0 Å². The van der Waals surface area contributed by atoms with Gasteiger partial charge in [0.15, 0.2) is 4.87 Å². The molecule has 1 aromatic carbocycles. The summed E-state index contributed by atoms with van der Waals surface area (Å²) in [6, 6.07) is 6.98.